The van der Waals surface area contributed by atoms with Gasteiger partial charge in [0.1, 0.15) is 0 Å². The molecular formula is C13H18ClNO2. The van der Waals surface area contributed by atoms with Crippen LogP contribution in [0.3, 0.4) is 0 Å². The van der Waals surface area contributed by atoms with Crippen molar-refractivity contribution in [1.82, 2.24) is 5.32 Å². The summed E-state index contributed by atoms with van der Waals surface area (Å²) in [7, 11) is 0. The van der Waals surface area contributed by atoms with Crippen LogP contribution in [0.2, 0.25) is 5.02 Å². The number of aliphatic hydroxyl groups is 1. The number of carbonyl (C=O) groups excluding carboxylic acids is 1. The molecule has 1 amide bonds. The number of halogens is 1. The van der Waals surface area contributed by atoms with Gasteiger partial charge in [-0.15, -0.1) is 0 Å². The number of aliphatic hydroxyl groups excluding tert-OH is 1. The normalized spacial score (nSPS) is 12.2. The van der Waals surface area contributed by atoms with E-state index in [9.17, 15) is 4.79 Å². The molecule has 0 fully saturated rings. The molecule has 0 aromatic heterocycles. The molecule has 0 spiro atoms. The highest BCUT2D eigenvalue weighted by molar-refractivity contribution is 6.30. The summed E-state index contributed by atoms with van der Waals surface area (Å²) < 4.78 is 0. The molecule has 94 valence electrons. The van der Waals surface area contributed by atoms with E-state index in [1.54, 1.807) is 6.92 Å². The fourth-order valence-corrected chi connectivity index (χ4v) is 1.58. The first-order valence-corrected chi connectivity index (χ1v) is 6.15. The summed E-state index contributed by atoms with van der Waals surface area (Å²) in [4.78, 5) is 11.3. The van der Waals surface area contributed by atoms with Gasteiger partial charge in [0.2, 0.25) is 5.91 Å². The summed E-state index contributed by atoms with van der Waals surface area (Å²) >= 11 is 5.78. The number of hydrogen-bond donors (Lipinski definition) is 2. The Morgan fingerprint density at radius 3 is 2.65 bits per heavy atom. The van der Waals surface area contributed by atoms with E-state index in [-0.39, 0.29) is 5.91 Å². The largest absolute Gasteiger partial charge is 0.392 e. The number of rotatable bonds is 6. The van der Waals surface area contributed by atoms with Crippen LogP contribution >= 0.6 is 11.6 Å². The number of aryl methyl sites for hydroxylation is 1. The topological polar surface area (TPSA) is 49.3 Å². The molecule has 0 aliphatic heterocycles. The van der Waals surface area contributed by atoms with Gasteiger partial charge in [0.25, 0.3) is 0 Å². The first-order chi connectivity index (χ1) is 8.08. The molecule has 0 aliphatic carbocycles. The minimum atomic E-state index is -0.491. The van der Waals surface area contributed by atoms with Gasteiger partial charge in [-0.2, -0.15) is 0 Å². The average Bonchev–Trinajstić information content (AvgIpc) is 2.29. The monoisotopic (exact) mass is 255 g/mol. The van der Waals surface area contributed by atoms with E-state index in [4.69, 9.17) is 16.7 Å². The SMILES string of the molecule is CC(O)CNC(=O)CCCc1ccc(Cl)cc1. The molecule has 1 aromatic rings. The van der Waals surface area contributed by atoms with Crippen LogP contribution in [-0.2, 0) is 11.2 Å². The van der Waals surface area contributed by atoms with E-state index in [2.05, 4.69) is 5.32 Å². The minimum Gasteiger partial charge on any atom is -0.392 e. The summed E-state index contributed by atoms with van der Waals surface area (Å²) in [5.74, 6) is -0.0140. The Labute approximate surface area is 107 Å². The van der Waals surface area contributed by atoms with E-state index < -0.39 is 6.10 Å². The number of benzene rings is 1. The van der Waals surface area contributed by atoms with Crippen molar-refractivity contribution in [3.63, 3.8) is 0 Å². The zero-order valence-electron chi connectivity index (χ0n) is 9.95. The molecule has 0 heterocycles. The minimum absolute atomic E-state index is 0.0140. The predicted octanol–water partition coefficient (Wildman–Crippen LogP) is 2.16. The van der Waals surface area contributed by atoms with E-state index in [1.165, 1.54) is 5.56 Å². The molecule has 0 aliphatic rings. The molecule has 2 N–H and O–H groups in total. The summed E-state index contributed by atoms with van der Waals surface area (Å²) in [6, 6.07) is 7.64. The molecule has 1 unspecified atom stereocenters. The Morgan fingerprint density at radius 1 is 1.41 bits per heavy atom. The highest BCUT2D eigenvalue weighted by Crippen LogP contribution is 2.11. The van der Waals surface area contributed by atoms with Crippen LogP contribution in [0.4, 0.5) is 0 Å². The highest BCUT2D eigenvalue weighted by atomic mass is 35.5. The lowest BCUT2D eigenvalue weighted by atomic mass is 10.1. The molecule has 1 aromatic carbocycles. The Kier molecular flexibility index (Phi) is 6.01. The lowest BCUT2D eigenvalue weighted by Crippen LogP contribution is -2.30. The Morgan fingerprint density at radius 2 is 2.06 bits per heavy atom. The van der Waals surface area contributed by atoms with Gasteiger partial charge in [-0.3, -0.25) is 4.79 Å². The third-order valence-corrected chi connectivity index (χ3v) is 2.63. The molecule has 1 rings (SSSR count). The van der Waals surface area contributed by atoms with E-state index >= 15 is 0 Å². The van der Waals surface area contributed by atoms with Gasteiger partial charge in [-0.1, -0.05) is 23.7 Å². The fourth-order valence-electron chi connectivity index (χ4n) is 1.45. The van der Waals surface area contributed by atoms with Crippen LogP contribution < -0.4 is 5.32 Å². The Hall–Kier alpha value is -1.06. The number of nitrogens with one attached hydrogen (secondary N) is 1. The van der Waals surface area contributed by atoms with Crippen molar-refractivity contribution in [2.45, 2.75) is 32.3 Å². The molecule has 4 heteroatoms. The smallest absolute Gasteiger partial charge is 0.220 e. The van der Waals surface area contributed by atoms with Gasteiger partial charge in [-0.05, 0) is 37.5 Å². The third kappa shape index (κ3) is 6.29. The maximum atomic E-state index is 11.3. The van der Waals surface area contributed by atoms with Crippen molar-refractivity contribution in [1.29, 1.82) is 0 Å². The molecule has 17 heavy (non-hydrogen) atoms. The second-order valence-electron chi connectivity index (χ2n) is 4.13. The first-order valence-electron chi connectivity index (χ1n) is 5.77. The maximum Gasteiger partial charge on any atom is 0.220 e. The standard InChI is InChI=1S/C13H18ClNO2/c1-10(16)9-15-13(17)4-2-3-11-5-7-12(14)8-6-11/h5-8,10,16H,2-4,9H2,1H3,(H,15,17). The molecular weight excluding hydrogens is 238 g/mol. The molecule has 0 bridgehead atoms. The molecule has 1 atom stereocenters. The van der Waals surface area contributed by atoms with Gasteiger partial charge in [0, 0.05) is 18.0 Å². The van der Waals surface area contributed by atoms with Crippen LogP contribution in [0.15, 0.2) is 24.3 Å². The lowest BCUT2D eigenvalue weighted by Gasteiger charge is -2.07. The van der Waals surface area contributed by atoms with Crippen LogP contribution in [0.25, 0.3) is 0 Å². The van der Waals surface area contributed by atoms with E-state index in [1.807, 2.05) is 24.3 Å². The number of hydrogen-bond acceptors (Lipinski definition) is 2. The predicted molar refractivity (Wildman–Crippen MR) is 69.1 cm³/mol. The second kappa shape index (κ2) is 7.30. The average molecular weight is 256 g/mol. The van der Waals surface area contributed by atoms with Crippen molar-refractivity contribution < 1.29 is 9.90 Å². The summed E-state index contributed by atoms with van der Waals surface area (Å²) in [5.41, 5.74) is 1.18. The van der Waals surface area contributed by atoms with Crippen LogP contribution in [-0.4, -0.2) is 23.7 Å². The molecule has 0 saturated heterocycles. The highest BCUT2D eigenvalue weighted by Gasteiger charge is 2.03. The van der Waals surface area contributed by atoms with Crippen molar-refractivity contribution in [2.24, 2.45) is 0 Å². The fraction of sp³-hybridized carbons (Fsp3) is 0.462. The second-order valence-corrected chi connectivity index (χ2v) is 4.57. The van der Waals surface area contributed by atoms with Crippen molar-refractivity contribution in [3.05, 3.63) is 34.9 Å². The molecule has 0 saturated carbocycles. The summed E-state index contributed by atoms with van der Waals surface area (Å²) in [6.07, 6.45) is 1.65. The third-order valence-electron chi connectivity index (χ3n) is 2.38. The van der Waals surface area contributed by atoms with Gasteiger partial charge in [0.05, 0.1) is 6.10 Å². The van der Waals surface area contributed by atoms with E-state index in [0.717, 1.165) is 17.9 Å². The Balaban J connectivity index is 2.19. The Bertz CT molecular complexity index is 349. The van der Waals surface area contributed by atoms with E-state index in [0.29, 0.717) is 13.0 Å². The zero-order valence-corrected chi connectivity index (χ0v) is 10.7. The van der Waals surface area contributed by atoms with Gasteiger partial charge in [-0.25, -0.2) is 0 Å². The lowest BCUT2D eigenvalue weighted by molar-refractivity contribution is -0.121. The van der Waals surface area contributed by atoms with Gasteiger partial charge >= 0.3 is 0 Å². The first kappa shape index (κ1) is 14.0. The van der Waals surface area contributed by atoms with Gasteiger partial charge < -0.3 is 10.4 Å². The number of amides is 1. The van der Waals surface area contributed by atoms with Gasteiger partial charge in [0.15, 0.2) is 0 Å². The van der Waals surface area contributed by atoms with Crippen LogP contribution in [0, 0.1) is 0 Å². The summed E-state index contributed by atoms with van der Waals surface area (Å²) in [6.45, 7) is 1.97. The quantitative estimate of drug-likeness (QED) is 0.819. The van der Waals surface area contributed by atoms with Crippen LogP contribution in [0.5, 0.6) is 0 Å². The zero-order chi connectivity index (χ0) is 12.7. The summed E-state index contributed by atoms with van der Waals surface area (Å²) in [5, 5.41) is 12.4. The van der Waals surface area contributed by atoms with Crippen molar-refractivity contribution in [3.8, 4) is 0 Å². The van der Waals surface area contributed by atoms with Crippen LogP contribution in [0.1, 0.15) is 25.3 Å². The van der Waals surface area contributed by atoms with Crippen molar-refractivity contribution >= 4 is 17.5 Å². The number of carbonyl (C=O) groups is 1. The molecule has 3 nitrogen and oxygen atoms in total. The maximum absolute atomic E-state index is 11.3. The molecule has 0 radical (unpaired) electrons. The van der Waals surface area contributed by atoms with Crippen molar-refractivity contribution in [2.75, 3.05) is 6.54 Å².